The summed E-state index contributed by atoms with van der Waals surface area (Å²) in [7, 11) is 0. The van der Waals surface area contributed by atoms with E-state index in [1.165, 1.54) is 12.1 Å². The lowest BCUT2D eigenvalue weighted by Gasteiger charge is -2.22. The SMILES string of the molecule is Fc1ccc(C#CC2COc3ccccc3O2)cc1. The highest BCUT2D eigenvalue weighted by Crippen LogP contribution is 2.30. The molecule has 1 heterocycles. The minimum atomic E-state index is -0.306. The molecule has 0 N–H and O–H groups in total. The first-order valence-corrected chi connectivity index (χ1v) is 5.97. The average Bonchev–Trinajstić information content (AvgIpc) is 2.46. The minimum absolute atomic E-state index is 0.267. The lowest BCUT2D eigenvalue weighted by molar-refractivity contribution is 0.129. The molecule has 0 aromatic heterocycles. The van der Waals surface area contributed by atoms with Crippen molar-refractivity contribution in [3.8, 4) is 23.3 Å². The van der Waals surface area contributed by atoms with E-state index in [0.717, 1.165) is 11.3 Å². The summed E-state index contributed by atoms with van der Waals surface area (Å²) >= 11 is 0. The summed E-state index contributed by atoms with van der Waals surface area (Å²) < 4.78 is 24.0. The van der Waals surface area contributed by atoms with Crippen LogP contribution in [0.25, 0.3) is 0 Å². The highest BCUT2D eigenvalue weighted by Gasteiger charge is 2.18. The third-order valence-corrected chi connectivity index (χ3v) is 2.73. The summed E-state index contributed by atoms with van der Waals surface area (Å²) in [4.78, 5) is 0. The van der Waals surface area contributed by atoms with Gasteiger partial charge in [0.1, 0.15) is 12.4 Å². The van der Waals surface area contributed by atoms with Crippen LogP contribution in [0.1, 0.15) is 5.56 Å². The summed E-state index contributed by atoms with van der Waals surface area (Å²) in [5.41, 5.74) is 0.754. The van der Waals surface area contributed by atoms with Crippen LogP contribution in [0.3, 0.4) is 0 Å². The van der Waals surface area contributed by atoms with Crippen molar-refractivity contribution in [3.63, 3.8) is 0 Å². The van der Waals surface area contributed by atoms with E-state index in [-0.39, 0.29) is 11.9 Å². The van der Waals surface area contributed by atoms with Crippen LogP contribution < -0.4 is 9.47 Å². The molecule has 1 unspecified atom stereocenters. The molecule has 94 valence electrons. The molecule has 0 radical (unpaired) electrons. The van der Waals surface area contributed by atoms with Crippen LogP contribution in [0.4, 0.5) is 4.39 Å². The Balaban J connectivity index is 1.74. The van der Waals surface area contributed by atoms with Crippen molar-refractivity contribution in [2.45, 2.75) is 6.10 Å². The summed E-state index contributed by atoms with van der Waals surface area (Å²) in [5.74, 6) is 7.10. The van der Waals surface area contributed by atoms with Gasteiger partial charge < -0.3 is 9.47 Å². The zero-order chi connectivity index (χ0) is 13.1. The molecule has 0 saturated carbocycles. The van der Waals surface area contributed by atoms with Crippen LogP contribution in [0.2, 0.25) is 0 Å². The highest BCUT2D eigenvalue weighted by molar-refractivity contribution is 5.42. The van der Waals surface area contributed by atoms with Gasteiger partial charge in [-0.3, -0.25) is 0 Å². The molecule has 2 nitrogen and oxygen atoms in total. The maximum absolute atomic E-state index is 12.8. The Labute approximate surface area is 110 Å². The van der Waals surface area contributed by atoms with Gasteiger partial charge >= 0.3 is 0 Å². The second-order valence-electron chi connectivity index (χ2n) is 4.14. The van der Waals surface area contributed by atoms with E-state index in [1.54, 1.807) is 12.1 Å². The van der Waals surface area contributed by atoms with Gasteiger partial charge in [-0.1, -0.05) is 18.1 Å². The van der Waals surface area contributed by atoms with Gasteiger partial charge in [-0.15, -0.1) is 0 Å². The van der Waals surface area contributed by atoms with E-state index in [4.69, 9.17) is 9.47 Å². The van der Waals surface area contributed by atoms with Crippen LogP contribution in [0.15, 0.2) is 48.5 Å². The third kappa shape index (κ3) is 2.69. The third-order valence-electron chi connectivity index (χ3n) is 2.73. The van der Waals surface area contributed by atoms with Gasteiger partial charge in [0.25, 0.3) is 0 Å². The van der Waals surface area contributed by atoms with Crippen molar-refractivity contribution in [3.05, 3.63) is 59.9 Å². The van der Waals surface area contributed by atoms with Gasteiger partial charge in [0.05, 0.1) is 0 Å². The van der Waals surface area contributed by atoms with Crippen molar-refractivity contribution in [2.75, 3.05) is 6.61 Å². The molecule has 0 bridgehead atoms. The Kier molecular flexibility index (Phi) is 3.07. The number of rotatable bonds is 0. The molecular weight excluding hydrogens is 243 g/mol. The number of benzene rings is 2. The number of fused-ring (bicyclic) bond motifs is 1. The molecule has 0 aliphatic carbocycles. The number of hydrogen-bond donors (Lipinski definition) is 0. The molecule has 3 heteroatoms. The van der Waals surface area contributed by atoms with Gasteiger partial charge in [-0.05, 0) is 42.3 Å². The summed E-state index contributed by atoms with van der Waals surface area (Å²) in [6.07, 6.45) is -0.306. The predicted molar refractivity (Wildman–Crippen MR) is 69.6 cm³/mol. The molecule has 0 saturated heterocycles. The molecule has 2 aromatic rings. The quantitative estimate of drug-likeness (QED) is 0.673. The topological polar surface area (TPSA) is 18.5 Å². The molecule has 2 aromatic carbocycles. The molecule has 19 heavy (non-hydrogen) atoms. The van der Waals surface area contributed by atoms with Gasteiger partial charge in [-0.25, -0.2) is 4.39 Å². The molecule has 1 atom stereocenters. The van der Waals surface area contributed by atoms with E-state index in [2.05, 4.69) is 11.8 Å². The van der Waals surface area contributed by atoms with E-state index < -0.39 is 0 Å². The van der Waals surface area contributed by atoms with Crippen LogP contribution in [0, 0.1) is 17.7 Å². The summed E-state index contributed by atoms with van der Waals surface area (Å²) in [5, 5.41) is 0. The van der Waals surface area contributed by atoms with Crippen molar-refractivity contribution in [1.29, 1.82) is 0 Å². The Morgan fingerprint density at radius 2 is 1.74 bits per heavy atom. The Morgan fingerprint density at radius 3 is 2.53 bits per heavy atom. The fourth-order valence-electron chi connectivity index (χ4n) is 1.79. The first kappa shape index (κ1) is 11.6. The fraction of sp³-hybridized carbons (Fsp3) is 0.125. The van der Waals surface area contributed by atoms with Gasteiger partial charge in [0, 0.05) is 5.56 Å². The Morgan fingerprint density at radius 1 is 1.00 bits per heavy atom. The second-order valence-corrected chi connectivity index (χ2v) is 4.14. The summed E-state index contributed by atoms with van der Waals surface area (Å²) in [6, 6.07) is 13.5. The Hall–Kier alpha value is -2.47. The van der Waals surface area contributed by atoms with Crippen molar-refractivity contribution in [1.82, 2.24) is 0 Å². The van der Waals surface area contributed by atoms with Gasteiger partial charge in [-0.2, -0.15) is 0 Å². The molecule has 3 rings (SSSR count). The molecular formula is C16H11FO2. The van der Waals surface area contributed by atoms with Crippen molar-refractivity contribution in [2.24, 2.45) is 0 Å². The maximum atomic E-state index is 12.8. The monoisotopic (exact) mass is 254 g/mol. The molecule has 0 fully saturated rings. The molecule has 1 aliphatic heterocycles. The van der Waals surface area contributed by atoms with E-state index in [0.29, 0.717) is 12.4 Å². The van der Waals surface area contributed by atoms with Crippen molar-refractivity contribution >= 4 is 0 Å². The summed E-state index contributed by atoms with van der Waals surface area (Å²) in [6.45, 7) is 0.394. The van der Waals surface area contributed by atoms with Crippen molar-refractivity contribution < 1.29 is 13.9 Å². The van der Waals surface area contributed by atoms with Gasteiger partial charge in [0.15, 0.2) is 17.6 Å². The molecule has 0 amide bonds. The smallest absolute Gasteiger partial charge is 0.193 e. The number of ether oxygens (including phenoxy) is 2. The zero-order valence-electron chi connectivity index (χ0n) is 10.1. The maximum Gasteiger partial charge on any atom is 0.193 e. The van der Waals surface area contributed by atoms with E-state index >= 15 is 0 Å². The zero-order valence-corrected chi connectivity index (χ0v) is 10.1. The van der Waals surface area contributed by atoms with Crippen LogP contribution >= 0.6 is 0 Å². The van der Waals surface area contributed by atoms with E-state index in [9.17, 15) is 4.39 Å². The van der Waals surface area contributed by atoms with Crippen LogP contribution in [0.5, 0.6) is 11.5 Å². The molecule has 0 spiro atoms. The minimum Gasteiger partial charge on any atom is -0.485 e. The lowest BCUT2D eigenvalue weighted by atomic mass is 10.2. The first-order valence-electron chi connectivity index (χ1n) is 5.97. The highest BCUT2D eigenvalue weighted by atomic mass is 19.1. The van der Waals surface area contributed by atoms with Gasteiger partial charge in [0.2, 0.25) is 0 Å². The van der Waals surface area contributed by atoms with Crippen LogP contribution in [-0.4, -0.2) is 12.7 Å². The second kappa shape index (κ2) is 5.03. The number of hydrogen-bond acceptors (Lipinski definition) is 2. The first-order chi connectivity index (χ1) is 9.31. The number of halogens is 1. The van der Waals surface area contributed by atoms with E-state index in [1.807, 2.05) is 24.3 Å². The normalized spacial score (nSPS) is 16.4. The largest absolute Gasteiger partial charge is 0.485 e. The predicted octanol–water partition coefficient (Wildman–Crippen LogP) is 3.02. The lowest BCUT2D eigenvalue weighted by Crippen LogP contribution is -2.27. The fourth-order valence-corrected chi connectivity index (χ4v) is 1.79. The Bertz CT molecular complexity index is 638. The number of para-hydroxylation sites is 2. The average molecular weight is 254 g/mol. The molecule has 1 aliphatic rings. The van der Waals surface area contributed by atoms with Crippen LogP contribution in [-0.2, 0) is 0 Å². The standard InChI is InChI=1S/C16H11FO2/c17-13-8-5-12(6-9-13)7-10-14-11-18-15-3-1-2-4-16(15)19-14/h1-6,8-9,14H,11H2.